The standard InChI is InChI=1S/C37H48O3/c1-26(12-10-23-37(40,30-14-6-4-7-15-30)31-16-8-5-9-17-31)33-20-21-34-28(13-11-22-36(33,34)3)18-19-29-24-32(38)25-35(39)27(29)2/h4-9,14-19,26,32-35,38-40H,2,10-13,20-25H2,1,3H3/b28-18+,29-19+/t26-,32-,33-,34+,35+,36-/m1/s1. The van der Waals surface area contributed by atoms with Gasteiger partial charge in [-0.2, -0.15) is 0 Å². The molecule has 0 spiro atoms. The lowest BCUT2D eigenvalue weighted by Gasteiger charge is -2.44. The zero-order chi connectivity index (χ0) is 28.3. The van der Waals surface area contributed by atoms with E-state index in [-0.39, 0.29) is 0 Å². The first kappa shape index (κ1) is 29.0. The van der Waals surface area contributed by atoms with Crippen molar-refractivity contribution in [2.45, 2.75) is 95.9 Å². The van der Waals surface area contributed by atoms with Crippen LogP contribution in [-0.2, 0) is 5.60 Å². The zero-order valence-corrected chi connectivity index (χ0v) is 24.4. The highest BCUT2D eigenvalue weighted by atomic mass is 16.3. The van der Waals surface area contributed by atoms with Crippen molar-refractivity contribution in [3.05, 3.63) is 107 Å². The van der Waals surface area contributed by atoms with Gasteiger partial charge in [-0.1, -0.05) is 105 Å². The second kappa shape index (κ2) is 12.2. The van der Waals surface area contributed by atoms with Crippen molar-refractivity contribution in [3.63, 3.8) is 0 Å². The minimum absolute atomic E-state index is 0.305. The van der Waals surface area contributed by atoms with Crippen LogP contribution in [0, 0.1) is 23.2 Å². The molecule has 0 heterocycles. The summed E-state index contributed by atoms with van der Waals surface area (Å²) in [4.78, 5) is 0. The summed E-state index contributed by atoms with van der Waals surface area (Å²) in [5.74, 6) is 1.89. The third-order valence-corrected chi connectivity index (χ3v) is 10.7. The summed E-state index contributed by atoms with van der Waals surface area (Å²) in [6, 6.07) is 20.3. The van der Waals surface area contributed by atoms with E-state index in [0.29, 0.717) is 36.0 Å². The van der Waals surface area contributed by atoms with Crippen LogP contribution < -0.4 is 0 Å². The molecule has 0 radical (unpaired) electrons. The van der Waals surface area contributed by atoms with Gasteiger partial charge in [0.2, 0.25) is 0 Å². The van der Waals surface area contributed by atoms with Crippen LogP contribution in [0.4, 0.5) is 0 Å². The summed E-state index contributed by atoms with van der Waals surface area (Å²) < 4.78 is 0. The highest BCUT2D eigenvalue weighted by Gasteiger charge is 2.50. The fraction of sp³-hybridized carbons (Fsp3) is 0.514. The van der Waals surface area contributed by atoms with E-state index in [1.807, 2.05) is 60.7 Å². The fourth-order valence-electron chi connectivity index (χ4n) is 8.44. The number of allylic oxidation sites excluding steroid dienone is 3. The summed E-state index contributed by atoms with van der Waals surface area (Å²) in [6.07, 6.45) is 13.3. The molecule has 6 atom stereocenters. The van der Waals surface area contributed by atoms with Gasteiger partial charge in [0.25, 0.3) is 0 Å². The number of aliphatic hydroxyl groups is 3. The topological polar surface area (TPSA) is 60.7 Å². The maximum atomic E-state index is 12.0. The van der Waals surface area contributed by atoms with Crippen LogP contribution in [0.2, 0.25) is 0 Å². The first-order valence-electron chi connectivity index (χ1n) is 15.5. The molecule has 0 aromatic heterocycles. The molecule has 3 heteroatoms. The molecular formula is C37H48O3. The van der Waals surface area contributed by atoms with Crippen LogP contribution in [0.15, 0.2) is 96.1 Å². The first-order chi connectivity index (χ1) is 19.2. The molecular weight excluding hydrogens is 492 g/mol. The Labute approximate surface area is 241 Å². The van der Waals surface area contributed by atoms with E-state index in [0.717, 1.165) is 48.0 Å². The molecule has 3 aliphatic rings. The van der Waals surface area contributed by atoms with Gasteiger partial charge in [-0.05, 0) is 96.8 Å². The third kappa shape index (κ3) is 5.79. The van der Waals surface area contributed by atoms with Crippen molar-refractivity contribution < 1.29 is 15.3 Å². The Kier molecular flexibility index (Phi) is 8.85. The van der Waals surface area contributed by atoms with Gasteiger partial charge in [-0.15, -0.1) is 0 Å². The summed E-state index contributed by atoms with van der Waals surface area (Å²) >= 11 is 0. The number of hydrogen-bond donors (Lipinski definition) is 3. The minimum Gasteiger partial charge on any atom is -0.393 e. The molecule has 0 amide bonds. The number of fused-ring (bicyclic) bond motifs is 1. The number of aliphatic hydroxyl groups excluding tert-OH is 2. The molecule has 3 fully saturated rings. The Morgan fingerprint density at radius 2 is 1.65 bits per heavy atom. The third-order valence-electron chi connectivity index (χ3n) is 10.7. The van der Waals surface area contributed by atoms with Gasteiger partial charge in [0.1, 0.15) is 5.60 Å². The van der Waals surface area contributed by atoms with Crippen LogP contribution in [0.5, 0.6) is 0 Å². The van der Waals surface area contributed by atoms with Gasteiger partial charge in [0.05, 0.1) is 12.2 Å². The van der Waals surface area contributed by atoms with Crippen molar-refractivity contribution in [3.8, 4) is 0 Å². The Bertz CT molecular complexity index is 1170. The van der Waals surface area contributed by atoms with Crippen LogP contribution in [0.1, 0.15) is 89.2 Å². The van der Waals surface area contributed by atoms with Crippen molar-refractivity contribution in [1.29, 1.82) is 0 Å². The van der Waals surface area contributed by atoms with Crippen LogP contribution in [0.3, 0.4) is 0 Å². The lowest BCUT2D eigenvalue weighted by atomic mass is 9.60. The average molecular weight is 541 g/mol. The van der Waals surface area contributed by atoms with E-state index in [1.165, 1.54) is 25.7 Å². The molecule has 40 heavy (non-hydrogen) atoms. The summed E-state index contributed by atoms with van der Waals surface area (Å²) in [5, 5.41) is 32.4. The van der Waals surface area contributed by atoms with E-state index in [1.54, 1.807) is 5.57 Å². The molecule has 5 rings (SSSR count). The van der Waals surface area contributed by atoms with E-state index in [2.05, 4.69) is 32.6 Å². The van der Waals surface area contributed by atoms with Crippen molar-refractivity contribution >= 4 is 0 Å². The minimum atomic E-state index is -0.969. The Hall–Kier alpha value is -2.46. The maximum absolute atomic E-state index is 12.0. The molecule has 3 nitrogen and oxygen atoms in total. The molecule has 0 aliphatic heterocycles. The van der Waals surface area contributed by atoms with Gasteiger partial charge in [0, 0.05) is 6.42 Å². The van der Waals surface area contributed by atoms with Gasteiger partial charge in [-0.3, -0.25) is 0 Å². The molecule has 0 unspecified atom stereocenters. The summed E-state index contributed by atoms with van der Waals surface area (Å²) in [5.41, 5.74) is 4.59. The lowest BCUT2D eigenvalue weighted by molar-refractivity contribution is 0.0593. The molecule has 214 valence electrons. The molecule has 3 N–H and O–H groups in total. The van der Waals surface area contributed by atoms with Gasteiger partial charge >= 0.3 is 0 Å². The van der Waals surface area contributed by atoms with Crippen molar-refractivity contribution in [2.24, 2.45) is 23.2 Å². The average Bonchev–Trinajstić information content (AvgIpc) is 3.32. The largest absolute Gasteiger partial charge is 0.393 e. The Morgan fingerprint density at radius 3 is 2.30 bits per heavy atom. The normalized spacial score (nSPS) is 31.9. The first-order valence-corrected chi connectivity index (χ1v) is 15.5. The highest BCUT2D eigenvalue weighted by molar-refractivity contribution is 5.39. The van der Waals surface area contributed by atoms with Crippen molar-refractivity contribution in [1.82, 2.24) is 0 Å². The monoisotopic (exact) mass is 540 g/mol. The molecule has 3 aliphatic carbocycles. The predicted octanol–water partition coefficient (Wildman–Crippen LogP) is 7.87. The van der Waals surface area contributed by atoms with Crippen molar-refractivity contribution in [2.75, 3.05) is 0 Å². The quantitative estimate of drug-likeness (QED) is 0.319. The fourth-order valence-corrected chi connectivity index (χ4v) is 8.44. The van der Waals surface area contributed by atoms with Gasteiger partial charge in [-0.25, -0.2) is 0 Å². The zero-order valence-electron chi connectivity index (χ0n) is 24.4. The van der Waals surface area contributed by atoms with E-state index < -0.39 is 17.8 Å². The second-order valence-corrected chi connectivity index (χ2v) is 13.1. The molecule has 0 saturated heterocycles. The predicted molar refractivity (Wildman–Crippen MR) is 164 cm³/mol. The SMILES string of the molecule is C=C1/C(=C/C=C2\CCC[C@]3(C)[C@@H]([C@H](C)CCCC(O)(c4ccccc4)c4ccccc4)CC[C@@H]23)C[C@@H](O)C[C@@H]1O. The highest BCUT2D eigenvalue weighted by Crippen LogP contribution is 2.60. The maximum Gasteiger partial charge on any atom is 0.115 e. The molecule has 0 bridgehead atoms. The van der Waals surface area contributed by atoms with Crippen LogP contribution in [0.25, 0.3) is 0 Å². The van der Waals surface area contributed by atoms with E-state index >= 15 is 0 Å². The Balaban J connectivity index is 1.27. The van der Waals surface area contributed by atoms with Gasteiger partial charge in [0.15, 0.2) is 0 Å². The Morgan fingerprint density at radius 1 is 1.00 bits per heavy atom. The lowest BCUT2D eigenvalue weighted by Crippen LogP contribution is -2.36. The molecule has 3 saturated carbocycles. The van der Waals surface area contributed by atoms with Gasteiger partial charge < -0.3 is 15.3 Å². The second-order valence-electron chi connectivity index (χ2n) is 13.1. The number of rotatable bonds is 8. The molecule has 2 aromatic rings. The summed E-state index contributed by atoms with van der Waals surface area (Å²) in [7, 11) is 0. The van der Waals surface area contributed by atoms with E-state index in [4.69, 9.17) is 0 Å². The van der Waals surface area contributed by atoms with Crippen LogP contribution in [-0.4, -0.2) is 27.5 Å². The smallest absolute Gasteiger partial charge is 0.115 e. The number of hydrogen-bond acceptors (Lipinski definition) is 3. The van der Waals surface area contributed by atoms with E-state index in [9.17, 15) is 15.3 Å². The number of benzene rings is 2. The molecule has 2 aromatic carbocycles. The van der Waals surface area contributed by atoms with Crippen LogP contribution >= 0.6 is 0 Å². The summed E-state index contributed by atoms with van der Waals surface area (Å²) in [6.45, 7) is 9.07.